The summed E-state index contributed by atoms with van der Waals surface area (Å²) in [6.07, 6.45) is 1.42. The molecule has 0 bridgehead atoms. The summed E-state index contributed by atoms with van der Waals surface area (Å²) in [5.41, 5.74) is 0.0744. The first-order valence-corrected chi connectivity index (χ1v) is 4.85. The van der Waals surface area contributed by atoms with Crippen LogP contribution in [-0.4, -0.2) is 11.7 Å². The van der Waals surface area contributed by atoms with Crippen molar-refractivity contribution in [3.8, 4) is 0 Å². The molecule has 0 aromatic heterocycles. The Balaban J connectivity index is 2.41. The molecule has 0 radical (unpaired) electrons. The second-order valence-corrected chi connectivity index (χ2v) is 4.31. The van der Waals surface area contributed by atoms with Gasteiger partial charge in [-0.3, -0.25) is 0 Å². The summed E-state index contributed by atoms with van der Waals surface area (Å²) in [4.78, 5) is 0. The Morgan fingerprint density at radius 2 is 2.22 bits per heavy atom. The number of hydrogen-bond acceptors (Lipinski definition) is 2. The maximum absolute atomic E-state index is 5.42. The van der Waals surface area contributed by atoms with Crippen LogP contribution in [0.4, 0.5) is 0 Å². The molecule has 1 saturated heterocycles. The molecule has 1 atom stereocenters. The van der Waals surface area contributed by atoms with E-state index >= 15 is 0 Å². The van der Waals surface area contributed by atoms with Crippen molar-refractivity contribution in [2.45, 2.75) is 38.9 Å². The van der Waals surface area contributed by atoms with Gasteiger partial charge < -0.3 is 0 Å². The van der Waals surface area contributed by atoms with Gasteiger partial charge in [0.2, 0.25) is 0 Å². The Kier molecular flexibility index (Phi) is 2.34. The number of rotatable bonds is 0. The molecule has 1 unspecified atom stereocenters. The quantitative estimate of drug-likeness (QED) is 0.482. The molecule has 1 fully saturated rings. The zero-order valence-corrected chi connectivity index (χ0v) is 8.14. The first-order chi connectivity index (χ1) is 4.10. The SMILES string of the molecule is CC1CC(C)(C)O[I-]O1. The van der Waals surface area contributed by atoms with E-state index in [9.17, 15) is 0 Å². The summed E-state index contributed by atoms with van der Waals surface area (Å²) in [5, 5.41) is 0. The van der Waals surface area contributed by atoms with E-state index < -0.39 is 22.0 Å². The van der Waals surface area contributed by atoms with Gasteiger partial charge in [0.25, 0.3) is 0 Å². The van der Waals surface area contributed by atoms with Crippen molar-refractivity contribution in [1.29, 1.82) is 0 Å². The van der Waals surface area contributed by atoms with Crippen LogP contribution in [-0.2, 0) is 6.13 Å². The van der Waals surface area contributed by atoms with Crippen molar-refractivity contribution in [1.82, 2.24) is 0 Å². The molecule has 0 aromatic rings. The molecule has 0 saturated carbocycles. The second-order valence-electron chi connectivity index (χ2n) is 3.00. The van der Waals surface area contributed by atoms with Crippen molar-refractivity contribution >= 4 is 0 Å². The zero-order valence-electron chi connectivity index (χ0n) is 5.98. The molecule has 1 rings (SSSR count). The predicted octanol–water partition coefficient (Wildman–Crippen LogP) is -1.49. The third-order valence-electron chi connectivity index (χ3n) is 1.21. The summed E-state index contributed by atoms with van der Waals surface area (Å²) in [6, 6.07) is 0. The van der Waals surface area contributed by atoms with Crippen LogP contribution in [0.15, 0.2) is 0 Å². The van der Waals surface area contributed by atoms with E-state index in [0.717, 1.165) is 6.42 Å². The molecule has 1 heterocycles. The van der Waals surface area contributed by atoms with E-state index in [1.807, 2.05) is 0 Å². The second kappa shape index (κ2) is 2.72. The molecule has 0 amide bonds. The van der Waals surface area contributed by atoms with Crippen LogP contribution < -0.4 is 22.0 Å². The van der Waals surface area contributed by atoms with E-state index in [1.165, 1.54) is 0 Å². The van der Waals surface area contributed by atoms with E-state index in [4.69, 9.17) is 6.13 Å². The van der Waals surface area contributed by atoms with Gasteiger partial charge in [-0.2, -0.15) is 0 Å². The minimum atomic E-state index is -0.415. The summed E-state index contributed by atoms with van der Waals surface area (Å²) in [5.74, 6) is 0. The average Bonchev–Trinajstić information content (AvgIpc) is 1.60. The molecule has 0 aliphatic carbocycles. The predicted molar refractivity (Wildman–Crippen MR) is 30.3 cm³/mol. The third-order valence-corrected chi connectivity index (χ3v) is 3.66. The molecular formula is C6H12IO2-. The summed E-state index contributed by atoms with van der Waals surface area (Å²) >= 11 is -0.415. The van der Waals surface area contributed by atoms with Crippen molar-refractivity contribution in [2.75, 3.05) is 0 Å². The van der Waals surface area contributed by atoms with E-state index in [0.29, 0.717) is 6.10 Å². The van der Waals surface area contributed by atoms with Crippen molar-refractivity contribution in [3.05, 3.63) is 0 Å². The molecule has 56 valence electrons. The average molecular weight is 243 g/mol. The molecule has 0 spiro atoms. The van der Waals surface area contributed by atoms with Gasteiger partial charge in [-0.15, -0.1) is 0 Å². The maximum atomic E-state index is 5.42. The zero-order chi connectivity index (χ0) is 6.91. The Hall–Kier alpha value is 0.650. The Morgan fingerprint density at radius 1 is 1.56 bits per heavy atom. The first kappa shape index (κ1) is 7.75. The normalized spacial score (nSPS) is 35.2. The van der Waals surface area contributed by atoms with Gasteiger partial charge in [0.15, 0.2) is 0 Å². The molecule has 1 aliphatic heterocycles. The van der Waals surface area contributed by atoms with Gasteiger partial charge in [-0.05, 0) is 0 Å². The van der Waals surface area contributed by atoms with Crippen molar-refractivity contribution in [2.24, 2.45) is 0 Å². The molecular weight excluding hydrogens is 231 g/mol. The standard InChI is InChI=1S/C6H12IO2/c1-5-4-6(2,3)9-7-8-5/h5H,4H2,1-3H3/q-1. The van der Waals surface area contributed by atoms with Crippen LogP contribution in [0.3, 0.4) is 0 Å². The fraction of sp³-hybridized carbons (Fsp3) is 1.00. The number of halogens is 1. The molecule has 0 aromatic carbocycles. The van der Waals surface area contributed by atoms with Crippen LogP contribution in [0.25, 0.3) is 0 Å². The van der Waals surface area contributed by atoms with Gasteiger partial charge >= 0.3 is 67.1 Å². The van der Waals surface area contributed by atoms with Gasteiger partial charge in [0.1, 0.15) is 0 Å². The first-order valence-electron chi connectivity index (χ1n) is 3.09. The Morgan fingerprint density at radius 3 is 2.56 bits per heavy atom. The van der Waals surface area contributed by atoms with Crippen LogP contribution in [0.5, 0.6) is 0 Å². The van der Waals surface area contributed by atoms with E-state index in [1.54, 1.807) is 0 Å². The molecule has 1 aliphatic rings. The molecule has 2 nitrogen and oxygen atoms in total. The van der Waals surface area contributed by atoms with Gasteiger partial charge in [-0.25, -0.2) is 0 Å². The van der Waals surface area contributed by atoms with Crippen molar-refractivity contribution < 1.29 is 28.2 Å². The Labute approximate surface area is 67.3 Å². The topological polar surface area (TPSA) is 18.5 Å². The minimum absolute atomic E-state index is 0.0744. The molecule has 0 N–H and O–H groups in total. The van der Waals surface area contributed by atoms with Gasteiger partial charge in [0.05, 0.1) is 0 Å². The van der Waals surface area contributed by atoms with Crippen LogP contribution in [0, 0.1) is 0 Å². The summed E-state index contributed by atoms with van der Waals surface area (Å²) < 4.78 is 10.7. The third kappa shape index (κ3) is 2.39. The van der Waals surface area contributed by atoms with Crippen LogP contribution >= 0.6 is 0 Å². The fourth-order valence-electron chi connectivity index (χ4n) is 0.921. The Bertz CT molecular complexity index is 103. The summed E-state index contributed by atoms with van der Waals surface area (Å²) in [7, 11) is 0. The van der Waals surface area contributed by atoms with E-state index in [2.05, 4.69) is 20.8 Å². The summed E-state index contributed by atoms with van der Waals surface area (Å²) in [6.45, 7) is 6.33. The monoisotopic (exact) mass is 243 g/mol. The fourth-order valence-corrected chi connectivity index (χ4v) is 2.23. The van der Waals surface area contributed by atoms with Crippen LogP contribution in [0.2, 0.25) is 0 Å². The van der Waals surface area contributed by atoms with Crippen LogP contribution in [0.1, 0.15) is 27.2 Å². The number of hydrogen-bond donors (Lipinski definition) is 0. The van der Waals surface area contributed by atoms with Gasteiger partial charge in [0, 0.05) is 0 Å². The van der Waals surface area contributed by atoms with Crippen molar-refractivity contribution in [3.63, 3.8) is 0 Å². The van der Waals surface area contributed by atoms with E-state index in [-0.39, 0.29) is 5.60 Å². The van der Waals surface area contributed by atoms with Gasteiger partial charge in [-0.1, -0.05) is 0 Å². The molecule has 9 heavy (non-hydrogen) atoms. The molecule has 3 heteroatoms.